The minimum absolute atomic E-state index is 0.173. The molecule has 0 unspecified atom stereocenters. The van der Waals surface area contributed by atoms with Gasteiger partial charge in [-0.1, -0.05) is 129 Å². The van der Waals surface area contributed by atoms with Crippen LogP contribution in [0.25, 0.3) is 55.0 Å². The van der Waals surface area contributed by atoms with Crippen molar-refractivity contribution in [2.75, 3.05) is 4.90 Å². The average molecular weight is 578 g/mol. The molecule has 214 valence electrons. The van der Waals surface area contributed by atoms with Crippen LogP contribution >= 0.6 is 0 Å². The number of nitrogens with zero attached hydrogens (tertiary/aromatic N) is 1. The Hall–Kier alpha value is -5.60. The van der Waals surface area contributed by atoms with Crippen molar-refractivity contribution in [1.29, 1.82) is 0 Å². The third-order valence-electron chi connectivity index (χ3n) is 9.64. The first-order chi connectivity index (χ1) is 22.1. The van der Waals surface area contributed by atoms with Gasteiger partial charge in [-0.05, 0) is 69.6 Å². The summed E-state index contributed by atoms with van der Waals surface area (Å²) in [5.41, 5.74) is 12.7. The lowest BCUT2D eigenvalue weighted by Crippen LogP contribution is -2.21. The molecule has 1 aromatic heterocycles. The zero-order chi connectivity index (χ0) is 30.1. The number of fused-ring (bicyclic) bond motifs is 7. The van der Waals surface area contributed by atoms with Gasteiger partial charge in [0.15, 0.2) is 0 Å². The number of para-hydroxylation sites is 2. The topological polar surface area (TPSA) is 16.4 Å². The van der Waals surface area contributed by atoms with E-state index >= 15 is 0 Å². The van der Waals surface area contributed by atoms with Gasteiger partial charge in [-0.2, -0.15) is 0 Å². The van der Waals surface area contributed by atoms with Crippen LogP contribution < -0.4 is 4.90 Å². The maximum Gasteiger partial charge on any atom is 0.136 e. The van der Waals surface area contributed by atoms with Crippen molar-refractivity contribution in [3.63, 3.8) is 0 Å². The number of anilines is 3. The zero-order valence-corrected chi connectivity index (χ0v) is 25.3. The molecule has 0 fully saturated rings. The van der Waals surface area contributed by atoms with E-state index in [-0.39, 0.29) is 5.41 Å². The lowest BCUT2D eigenvalue weighted by molar-refractivity contribution is 0.661. The van der Waals surface area contributed by atoms with Gasteiger partial charge in [-0.15, -0.1) is 0 Å². The largest absolute Gasteiger partial charge is 0.456 e. The molecule has 0 aliphatic heterocycles. The first-order valence-corrected chi connectivity index (χ1v) is 15.6. The van der Waals surface area contributed by atoms with E-state index in [9.17, 15) is 0 Å². The number of furan rings is 1. The second kappa shape index (κ2) is 9.70. The molecule has 0 amide bonds. The Morgan fingerprint density at radius 3 is 2.00 bits per heavy atom. The molecule has 0 N–H and O–H groups in total. The van der Waals surface area contributed by atoms with Crippen LogP contribution in [-0.4, -0.2) is 0 Å². The van der Waals surface area contributed by atoms with Crippen LogP contribution in [0.5, 0.6) is 0 Å². The van der Waals surface area contributed by atoms with Gasteiger partial charge >= 0.3 is 0 Å². The fraction of sp³-hybridized carbons (Fsp3) is 0.0698. The van der Waals surface area contributed by atoms with Crippen molar-refractivity contribution in [1.82, 2.24) is 0 Å². The number of hydrogen-bond acceptors (Lipinski definition) is 2. The van der Waals surface area contributed by atoms with Gasteiger partial charge in [0.25, 0.3) is 0 Å². The van der Waals surface area contributed by atoms with Crippen LogP contribution in [0.2, 0.25) is 0 Å². The Labute approximate surface area is 262 Å². The first kappa shape index (κ1) is 25.9. The van der Waals surface area contributed by atoms with Crippen molar-refractivity contribution in [3.05, 3.63) is 163 Å². The Bertz CT molecular complexity index is 2420. The fourth-order valence-electron chi connectivity index (χ4n) is 7.60. The molecule has 0 bridgehead atoms. The van der Waals surface area contributed by atoms with Crippen molar-refractivity contribution in [2.24, 2.45) is 0 Å². The summed E-state index contributed by atoms with van der Waals surface area (Å²) in [4.78, 5) is 2.49. The van der Waals surface area contributed by atoms with Crippen molar-refractivity contribution >= 4 is 49.8 Å². The molecule has 0 spiro atoms. The lowest BCUT2D eigenvalue weighted by atomic mass is 9.81. The predicted molar refractivity (Wildman–Crippen MR) is 189 cm³/mol. The van der Waals surface area contributed by atoms with E-state index < -0.39 is 0 Å². The Kier molecular flexibility index (Phi) is 5.58. The SMILES string of the molecule is CC1(C)c2ccccc2-c2cccc(N(c3ccccc3-c3ccc4c(c3)oc3ccccc34)c3cccc4ccccc34)c21. The molecule has 1 aliphatic rings. The molecule has 0 saturated carbocycles. The fourth-order valence-corrected chi connectivity index (χ4v) is 7.60. The third kappa shape index (κ3) is 3.82. The summed E-state index contributed by atoms with van der Waals surface area (Å²) in [6, 6.07) is 54.7. The van der Waals surface area contributed by atoms with E-state index in [1.807, 2.05) is 12.1 Å². The molecule has 8 aromatic rings. The Morgan fingerprint density at radius 1 is 0.467 bits per heavy atom. The molecule has 1 aliphatic carbocycles. The number of benzene rings is 7. The summed E-state index contributed by atoms with van der Waals surface area (Å²) in [6.45, 7) is 4.73. The monoisotopic (exact) mass is 577 g/mol. The molecule has 7 aromatic carbocycles. The van der Waals surface area contributed by atoms with E-state index in [1.165, 1.54) is 38.7 Å². The molecule has 2 heteroatoms. The highest BCUT2D eigenvalue weighted by Crippen LogP contribution is 2.55. The first-order valence-electron chi connectivity index (χ1n) is 15.6. The summed E-state index contributed by atoms with van der Waals surface area (Å²) >= 11 is 0. The molecule has 0 atom stereocenters. The van der Waals surface area contributed by atoms with Crippen LogP contribution in [0.3, 0.4) is 0 Å². The highest BCUT2D eigenvalue weighted by Gasteiger charge is 2.39. The van der Waals surface area contributed by atoms with Crippen LogP contribution in [-0.2, 0) is 5.41 Å². The van der Waals surface area contributed by atoms with E-state index in [2.05, 4.69) is 158 Å². The van der Waals surface area contributed by atoms with E-state index in [4.69, 9.17) is 4.42 Å². The molecule has 9 rings (SSSR count). The summed E-state index contributed by atoms with van der Waals surface area (Å²) < 4.78 is 6.35. The van der Waals surface area contributed by atoms with Crippen LogP contribution in [0.4, 0.5) is 17.1 Å². The minimum atomic E-state index is -0.173. The van der Waals surface area contributed by atoms with Gasteiger partial charge in [0.05, 0.1) is 17.1 Å². The summed E-state index contributed by atoms with van der Waals surface area (Å²) in [7, 11) is 0. The van der Waals surface area contributed by atoms with Crippen LogP contribution in [0, 0.1) is 0 Å². The summed E-state index contributed by atoms with van der Waals surface area (Å²) in [5, 5.41) is 4.72. The van der Waals surface area contributed by atoms with E-state index in [1.54, 1.807) is 0 Å². The molecule has 1 heterocycles. The minimum Gasteiger partial charge on any atom is -0.456 e. The smallest absolute Gasteiger partial charge is 0.136 e. The second-order valence-corrected chi connectivity index (χ2v) is 12.5. The van der Waals surface area contributed by atoms with Gasteiger partial charge in [0, 0.05) is 27.1 Å². The van der Waals surface area contributed by atoms with Gasteiger partial charge < -0.3 is 9.32 Å². The highest BCUT2D eigenvalue weighted by molar-refractivity contribution is 6.07. The molecule has 45 heavy (non-hydrogen) atoms. The maximum absolute atomic E-state index is 6.35. The molecule has 2 nitrogen and oxygen atoms in total. The van der Waals surface area contributed by atoms with Gasteiger partial charge in [0.1, 0.15) is 11.2 Å². The number of rotatable bonds is 4. The van der Waals surface area contributed by atoms with Gasteiger partial charge in [0.2, 0.25) is 0 Å². The Morgan fingerprint density at radius 2 is 1.09 bits per heavy atom. The maximum atomic E-state index is 6.35. The molecular weight excluding hydrogens is 546 g/mol. The lowest BCUT2D eigenvalue weighted by Gasteiger charge is -2.34. The normalized spacial score (nSPS) is 13.3. The summed E-state index contributed by atoms with van der Waals surface area (Å²) in [6.07, 6.45) is 0. The van der Waals surface area contributed by atoms with Gasteiger partial charge in [-0.25, -0.2) is 0 Å². The third-order valence-corrected chi connectivity index (χ3v) is 9.64. The quantitative estimate of drug-likeness (QED) is 0.207. The zero-order valence-electron chi connectivity index (χ0n) is 25.3. The highest BCUT2D eigenvalue weighted by atomic mass is 16.3. The number of hydrogen-bond donors (Lipinski definition) is 0. The molecule has 0 saturated heterocycles. The van der Waals surface area contributed by atoms with Crippen LogP contribution in [0.15, 0.2) is 156 Å². The van der Waals surface area contributed by atoms with Crippen LogP contribution in [0.1, 0.15) is 25.0 Å². The van der Waals surface area contributed by atoms with E-state index in [0.29, 0.717) is 0 Å². The molecule has 0 radical (unpaired) electrons. The molecular formula is C43H31NO. The summed E-state index contributed by atoms with van der Waals surface area (Å²) in [5.74, 6) is 0. The Balaban J connectivity index is 1.33. The average Bonchev–Trinajstić information content (AvgIpc) is 3.57. The van der Waals surface area contributed by atoms with E-state index in [0.717, 1.165) is 44.4 Å². The standard InChI is InChI=1S/C43H31NO/c1-43(2)36-20-8-5-17-32(36)35-19-12-23-39(42(35)43)44(38-22-11-14-28-13-3-4-15-30(28)38)37-21-9-6-16-31(37)29-25-26-34-33-18-7-10-24-40(33)45-41(34)27-29/h3-27H,1-2H3. The van der Waals surface area contributed by atoms with Gasteiger partial charge in [-0.3, -0.25) is 0 Å². The van der Waals surface area contributed by atoms with Crippen molar-refractivity contribution in [3.8, 4) is 22.3 Å². The van der Waals surface area contributed by atoms with Crippen molar-refractivity contribution < 1.29 is 4.42 Å². The second-order valence-electron chi connectivity index (χ2n) is 12.5. The predicted octanol–water partition coefficient (Wildman–Crippen LogP) is 12.2. The van der Waals surface area contributed by atoms with Crippen molar-refractivity contribution in [2.45, 2.75) is 19.3 Å².